The van der Waals surface area contributed by atoms with Crippen LogP contribution in [0.1, 0.15) is 18.5 Å². The molecule has 0 aliphatic rings. The van der Waals surface area contributed by atoms with Crippen molar-refractivity contribution in [3.63, 3.8) is 0 Å². The predicted octanol–water partition coefficient (Wildman–Crippen LogP) is 2.34. The van der Waals surface area contributed by atoms with E-state index in [9.17, 15) is 9.18 Å². The average Bonchev–Trinajstić information content (AvgIpc) is 2.41. The van der Waals surface area contributed by atoms with Gasteiger partial charge in [-0.3, -0.25) is 4.79 Å². The van der Waals surface area contributed by atoms with Crippen LogP contribution in [0, 0.1) is 5.82 Å². The molecule has 100 valence electrons. The maximum atomic E-state index is 12.8. The van der Waals surface area contributed by atoms with E-state index in [1.165, 1.54) is 12.1 Å². The summed E-state index contributed by atoms with van der Waals surface area (Å²) in [6.07, 6.45) is 1.77. The van der Waals surface area contributed by atoms with Gasteiger partial charge in [-0.05, 0) is 30.7 Å². The Balaban J connectivity index is 1.87. The Morgan fingerprint density at radius 2 is 1.95 bits per heavy atom. The highest BCUT2D eigenvalue weighted by molar-refractivity contribution is 5.19. The Hall–Kier alpha value is -1.94. The molecule has 2 rings (SSSR count). The first-order chi connectivity index (χ1) is 9.16. The molecule has 0 amide bonds. The second kappa shape index (κ2) is 6.29. The minimum absolute atomic E-state index is 0.00117. The van der Waals surface area contributed by atoms with Crippen molar-refractivity contribution in [3.8, 4) is 0 Å². The van der Waals surface area contributed by atoms with E-state index in [0.717, 1.165) is 5.56 Å². The third-order valence-corrected chi connectivity index (χ3v) is 3.07. The van der Waals surface area contributed by atoms with Crippen LogP contribution in [0.5, 0.6) is 0 Å². The van der Waals surface area contributed by atoms with Crippen LogP contribution in [0.25, 0.3) is 0 Å². The van der Waals surface area contributed by atoms with Crippen LogP contribution in [0.15, 0.2) is 53.5 Å². The lowest BCUT2D eigenvalue weighted by atomic mass is 10.1. The summed E-state index contributed by atoms with van der Waals surface area (Å²) >= 11 is 0. The molecule has 1 unspecified atom stereocenters. The van der Waals surface area contributed by atoms with Gasteiger partial charge in [0.25, 0.3) is 5.56 Å². The summed E-state index contributed by atoms with van der Waals surface area (Å²) in [4.78, 5) is 11.5. The average molecular weight is 260 g/mol. The smallest absolute Gasteiger partial charge is 0.250 e. The molecular formula is C15H17FN2O. The number of hydrogen-bond acceptors (Lipinski definition) is 2. The number of nitrogens with zero attached hydrogens (tertiary/aromatic N) is 1. The van der Waals surface area contributed by atoms with Crippen molar-refractivity contribution in [3.05, 3.63) is 70.4 Å². The molecule has 1 heterocycles. The fourth-order valence-electron chi connectivity index (χ4n) is 1.92. The number of aromatic nitrogens is 1. The van der Waals surface area contributed by atoms with Crippen LogP contribution in [0.2, 0.25) is 0 Å². The van der Waals surface area contributed by atoms with Gasteiger partial charge < -0.3 is 9.88 Å². The van der Waals surface area contributed by atoms with Crippen LogP contribution in [0.4, 0.5) is 4.39 Å². The second-order valence-electron chi connectivity index (χ2n) is 4.46. The lowest BCUT2D eigenvalue weighted by Gasteiger charge is -2.14. The number of nitrogens with one attached hydrogen (secondary N) is 1. The summed E-state index contributed by atoms with van der Waals surface area (Å²) in [5.74, 6) is -0.230. The van der Waals surface area contributed by atoms with Gasteiger partial charge in [0.05, 0.1) is 0 Å². The van der Waals surface area contributed by atoms with E-state index in [4.69, 9.17) is 0 Å². The molecule has 0 spiro atoms. The standard InChI is InChI=1S/C15H17FN2O/c1-12(13-5-7-14(16)8-6-13)17-9-11-18-10-3-2-4-15(18)19/h2-8,10,12,17H,9,11H2,1H3. The normalized spacial score (nSPS) is 12.3. The molecule has 0 aliphatic carbocycles. The fourth-order valence-corrected chi connectivity index (χ4v) is 1.92. The molecule has 0 radical (unpaired) electrons. The first-order valence-corrected chi connectivity index (χ1v) is 6.31. The third kappa shape index (κ3) is 3.76. The highest BCUT2D eigenvalue weighted by atomic mass is 19.1. The van der Waals surface area contributed by atoms with E-state index >= 15 is 0 Å². The molecule has 19 heavy (non-hydrogen) atoms. The van der Waals surface area contributed by atoms with Gasteiger partial charge in [-0.2, -0.15) is 0 Å². The quantitative estimate of drug-likeness (QED) is 0.895. The molecule has 0 bridgehead atoms. The first-order valence-electron chi connectivity index (χ1n) is 6.31. The van der Waals surface area contributed by atoms with Crippen molar-refractivity contribution < 1.29 is 4.39 Å². The zero-order chi connectivity index (χ0) is 13.7. The molecule has 0 saturated heterocycles. The third-order valence-electron chi connectivity index (χ3n) is 3.07. The molecule has 2 aromatic rings. The summed E-state index contributed by atoms with van der Waals surface area (Å²) in [6.45, 7) is 3.31. The molecule has 1 aromatic heterocycles. The van der Waals surface area contributed by atoms with E-state index in [0.29, 0.717) is 13.1 Å². The first kappa shape index (κ1) is 13.5. The summed E-state index contributed by atoms with van der Waals surface area (Å²) in [5, 5.41) is 3.31. The zero-order valence-corrected chi connectivity index (χ0v) is 10.8. The Bertz CT molecular complexity index is 577. The largest absolute Gasteiger partial charge is 0.314 e. The molecule has 0 fully saturated rings. The fraction of sp³-hybridized carbons (Fsp3) is 0.267. The van der Waals surface area contributed by atoms with E-state index in [1.807, 2.05) is 13.0 Å². The van der Waals surface area contributed by atoms with Gasteiger partial charge in [-0.1, -0.05) is 18.2 Å². The maximum Gasteiger partial charge on any atom is 0.250 e. The molecule has 0 saturated carbocycles. The van der Waals surface area contributed by atoms with Gasteiger partial charge in [0, 0.05) is 31.4 Å². The summed E-state index contributed by atoms with van der Waals surface area (Å²) in [5.41, 5.74) is 1.03. The topological polar surface area (TPSA) is 34.0 Å². The lowest BCUT2D eigenvalue weighted by molar-refractivity contribution is 0.523. The molecule has 3 nitrogen and oxygen atoms in total. The van der Waals surface area contributed by atoms with E-state index in [1.54, 1.807) is 35.0 Å². The van der Waals surface area contributed by atoms with Crippen molar-refractivity contribution in [2.24, 2.45) is 0 Å². The molecule has 1 atom stereocenters. The summed E-state index contributed by atoms with van der Waals surface area (Å²) in [7, 11) is 0. The SMILES string of the molecule is CC(NCCn1ccccc1=O)c1ccc(F)cc1. The van der Waals surface area contributed by atoms with Gasteiger partial charge >= 0.3 is 0 Å². The summed E-state index contributed by atoms with van der Waals surface area (Å²) in [6, 6.07) is 11.7. The van der Waals surface area contributed by atoms with Crippen LogP contribution in [-0.2, 0) is 6.54 Å². The van der Waals surface area contributed by atoms with Crippen molar-refractivity contribution >= 4 is 0 Å². The number of benzene rings is 1. The van der Waals surface area contributed by atoms with Crippen molar-refractivity contribution in [2.45, 2.75) is 19.5 Å². The van der Waals surface area contributed by atoms with Gasteiger partial charge in [0.1, 0.15) is 5.82 Å². The van der Waals surface area contributed by atoms with Gasteiger partial charge in [-0.25, -0.2) is 4.39 Å². The van der Waals surface area contributed by atoms with Crippen LogP contribution >= 0.6 is 0 Å². The Morgan fingerprint density at radius 1 is 1.21 bits per heavy atom. The Labute approximate surface area is 111 Å². The van der Waals surface area contributed by atoms with Crippen molar-refractivity contribution in [1.29, 1.82) is 0 Å². The van der Waals surface area contributed by atoms with Crippen LogP contribution in [0.3, 0.4) is 0 Å². The summed E-state index contributed by atoms with van der Waals surface area (Å²) < 4.78 is 14.5. The molecule has 1 aromatic carbocycles. The zero-order valence-electron chi connectivity index (χ0n) is 10.8. The van der Waals surface area contributed by atoms with E-state index in [-0.39, 0.29) is 17.4 Å². The molecule has 0 aliphatic heterocycles. The lowest BCUT2D eigenvalue weighted by Crippen LogP contribution is -2.27. The second-order valence-corrected chi connectivity index (χ2v) is 4.46. The number of rotatable bonds is 5. The number of halogens is 1. The van der Waals surface area contributed by atoms with Gasteiger partial charge in [0.2, 0.25) is 0 Å². The van der Waals surface area contributed by atoms with E-state index < -0.39 is 0 Å². The van der Waals surface area contributed by atoms with Crippen LogP contribution in [-0.4, -0.2) is 11.1 Å². The number of hydrogen-bond donors (Lipinski definition) is 1. The molecule has 1 N–H and O–H groups in total. The van der Waals surface area contributed by atoms with Crippen molar-refractivity contribution in [1.82, 2.24) is 9.88 Å². The number of pyridine rings is 1. The molecule has 4 heteroatoms. The highest BCUT2D eigenvalue weighted by Gasteiger charge is 2.04. The predicted molar refractivity (Wildman–Crippen MR) is 73.5 cm³/mol. The van der Waals surface area contributed by atoms with Gasteiger partial charge in [-0.15, -0.1) is 0 Å². The Morgan fingerprint density at radius 3 is 2.63 bits per heavy atom. The van der Waals surface area contributed by atoms with Crippen LogP contribution < -0.4 is 10.9 Å². The minimum atomic E-state index is -0.230. The van der Waals surface area contributed by atoms with Crippen molar-refractivity contribution in [2.75, 3.05) is 6.54 Å². The highest BCUT2D eigenvalue weighted by Crippen LogP contribution is 2.12. The minimum Gasteiger partial charge on any atom is -0.314 e. The monoisotopic (exact) mass is 260 g/mol. The molecular weight excluding hydrogens is 243 g/mol. The van der Waals surface area contributed by atoms with E-state index in [2.05, 4.69) is 5.32 Å². The Kier molecular flexibility index (Phi) is 4.47. The maximum absolute atomic E-state index is 12.8. The van der Waals surface area contributed by atoms with Gasteiger partial charge in [0.15, 0.2) is 0 Å².